The average molecular weight is 329 g/mol. The van der Waals surface area contributed by atoms with Gasteiger partial charge in [0.1, 0.15) is 0 Å². The third-order valence-electron chi connectivity index (χ3n) is 4.81. The summed E-state index contributed by atoms with van der Waals surface area (Å²) in [6, 6.07) is 11.0. The van der Waals surface area contributed by atoms with E-state index in [0.717, 1.165) is 25.2 Å². The summed E-state index contributed by atoms with van der Waals surface area (Å²) in [5.74, 6) is 0. The van der Waals surface area contributed by atoms with Crippen molar-refractivity contribution in [3.8, 4) is 0 Å². The number of hydrogen-bond acceptors (Lipinski definition) is 5. The van der Waals surface area contributed by atoms with Crippen LogP contribution in [0.5, 0.6) is 0 Å². The van der Waals surface area contributed by atoms with Crippen LogP contribution in [-0.4, -0.2) is 53.1 Å². The van der Waals surface area contributed by atoms with E-state index in [4.69, 9.17) is 4.74 Å². The van der Waals surface area contributed by atoms with Crippen LogP contribution in [0.2, 0.25) is 0 Å². The molecule has 4 heterocycles. The maximum atomic E-state index is 6.10. The van der Waals surface area contributed by atoms with E-state index >= 15 is 0 Å². The van der Waals surface area contributed by atoms with E-state index in [2.05, 4.69) is 32.3 Å². The van der Waals surface area contributed by atoms with Gasteiger partial charge < -0.3 is 4.74 Å². The highest BCUT2D eigenvalue weighted by Gasteiger charge is 2.36. The van der Waals surface area contributed by atoms with Gasteiger partial charge in [0.25, 0.3) is 0 Å². The van der Waals surface area contributed by atoms with Gasteiger partial charge in [-0.2, -0.15) is 0 Å². The van der Waals surface area contributed by atoms with Gasteiger partial charge in [-0.25, -0.2) is 0 Å². The Hall–Kier alpha value is -1.27. The first-order valence-corrected chi connectivity index (χ1v) is 9.25. The normalized spacial score (nSPS) is 25.6. The number of rotatable bonds is 5. The highest BCUT2D eigenvalue weighted by Crippen LogP contribution is 2.26. The van der Waals surface area contributed by atoms with Gasteiger partial charge in [-0.05, 0) is 30.0 Å². The van der Waals surface area contributed by atoms with Crippen LogP contribution in [0.15, 0.2) is 41.9 Å². The Morgan fingerprint density at radius 3 is 3.00 bits per heavy atom. The fraction of sp³-hybridized carbons (Fsp3) is 0.500. The topological polar surface area (TPSA) is 28.6 Å². The maximum absolute atomic E-state index is 6.10. The SMILES string of the molecule is c1ccc(CO[C@@H]2C[C@@H]3CN(Cc4cccs4)CCN3C2)nc1. The number of pyridine rings is 1. The summed E-state index contributed by atoms with van der Waals surface area (Å²) in [4.78, 5) is 11.0. The Labute approximate surface area is 141 Å². The van der Waals surface area contributed by atoms with Crippen molar-refractivity contribution in [3.05, 3.63) is 52.5 Å². The van der Waals surface area contributed by atoms with Crippen LogP contribution in [0.3, 0.4) is 0 Å². The molecule has 2 aliphatic heterocycles. The molecule has 2 aliphatic rings. The third-order valence-corrected chi connectivity index (χ3v) is 5.68. The van der Waals surface area contributed by atoms with E-state index in [1.807, 2.05) is 35.7 Å². The minimum atomic E-state index is 0.351. The predicted molar refractivity (Wildman–Crippen MR) is 92.4 cm³/mol. The van der Waals surface area contributed by atoms with Crippen molar-refractivity contribution in [2.45, 2.75) is 31.7 Å². The molecule has 0 aliphatic carbocycles. The second kappa shape index (κ2) is 7.09. The molecular weight excluding hydrogens is 306 g/mol. The second-order valence-electron chi connectivity index (χ2n) is 6.45. The van der Waals surface area contributed by atoms with Gasteiger partial charge in [0.2, 0.25) is 0 Å². The molecule has 4 nitrogen and oxygen atoms in total. The van der Waals surface area contributed by atoms with Gasteiger partial charge in [-0.1, -0.05) is 12.1 Å². The lowest BCUT2D eigenvalue weighted by Crippen LogP contribution is -2.49. The Balaban J connectivity index is 1.27. The van der Waals surface area contributed by atoms with Crippen molar-refractivity contribution in [2.75, 3.05) is 26.2 Å². The van der Waals surface area contributed by atoms with Crippen molar-refractivity contribution in [1.29, 1.82) is 0 Å². The zero-order valence-corrected chi connectivity index (χ0v) is 14.1. The van der Waals surface area contributed by atoms with E-state index in [1.54, 1.807) is 0 Å². The third kappa shape index (κ3) is 3.80. The van der Waals surface area contributed by atoms with Gasteiger partial charge in [-0.3, -0.25) is 14.8 Å². The van der Waals surface area contributed by atoms with Crippen LogP contribution in [0, 0.1) is 0 Å². The van der Waals surface area contributed by atoms with E-state index in [-0.39, 0.29) is 0 Å². The maximum Gasteiger partial charge on any atom is 0.0892 e. The molecule has 2 saturated heterocycles. The second-order valence-corrected chi connectivity index (χ2v) is 7.49. The average Bonchev–Trinajstić information content (AvgIpc) is 3.23. The molecule has 0 N–H and O–H groups in total. The van der Waals surface area contributed by atoms with Crippen molar-refractivity contribution >= 4 is 11.3 Å². The fourth-order valence-electron chi connectivity index (χ4n) is 3.63. The number of piperazine rings is 1. The molecule has 2 aromatic heterocycles. The molecule has 122 valence electrons. The van der Waals surface area contributed by atoms with Crippen LogP contribution >= 0.6 is 11.3 Å². The van der Waals surface area contributed by atoms with Gasteiger partial charge in [-0.15, -0.1) is 11.3 Å². The quantitative estimate of drug-likeness (QED) is 0.843. The summed E-state index contributed by atoms with van der Waals surface area (Å²) < 4.78 is 6.10. The van der Waals surface area contributed by atoms with Crippen molar-refractivity contribution in [3.63, 3.8) is 0 Å². The number of nitrogens with zero attached hydrogens (tertiary/aromatic N) is 3. The molecule has 0 radical (unpaired) electrons. The molecule has 0 amide bonds. The number of fused-ring (bicyclic) bond motifs is 1. The molecule has 2 aromatic rings. The van der Waals surface area contributed by atoms with E-state index in [0.29, 0.717) is 18.8 Å². The Morgan fingerprint density at radius 2 is 2.17 bits per heavy atom. The largest absolute Gasteiger partial charge is 0.371 e. The van der Waals surface area contributed by atoms with Crippen molar-refractivity contribution in [2.24, 2.45) is 0 Å². The molecule has 5 heteroatoms. The highest BCUT2D eigenvalue weighted by molar-refractivity contribution is 7.09. The molecule has 0 bridgehead atoms. The number of aromatic nitrogens is 1. The minimum Gasteiger partial charge on any atom is -0.371 e. The Kier molecular flexibility index (Phi) is 4.71. The summed E-state index contributed by atoms with van der Waals surface area (Å²) in [6.07, 6.45) is 3.33. The molecular formula is C18H23N3OS. The van der Waals surface area contributed by atoms with E-state index in [9.17, 15) is 0 Å². The van der Waals surface area contributed by atoms with Crippen LogP contribution < -0.4 is 0 Å². The van der Waals surface area contributed by atoms with Gasteiger partial charge in [0.05, 0.1) is 18.4 Å². The summed E-state index contributed by atoms with van der Waals surface area (Å²) >= 11 is 1.86. The zero-order chi connectivity index (χ0) is 15.5. The van der Waals surface area contributed by atoms with E-state index in [1.165, 1.54) is 24.5 Å². The number of hydrogen-bond donors (Lipinski definition) is 0. The van der Waals surface area contributed by atoms with Gasteiger partial charge >= 0.3 is 0 Å². The highest BCUT2D eigenvalue weighted by atomic mass is 32.1. The van der Waals surface area contributed by atoms with Crippen LogP contribution in [0.25, 0.3) is 0 Å². The first-order valence-electron chi connectivity index (χ1n) is 8.37. The van der Waals surface area contributed by atoms with Gasteiger partial charge in [0.15, 0.2) is 0 Å². The van der Waals surface area contributed by atoms with Gasteiger partial charge in [0, 0.05) is 49.8 Å². The van der Waals surface area contributed by atoms with Crippen molar-refractivity contribution < 1.29 is 4.74 Å². The van der Waals surface area contributed by atoms with Crippen molar-refractivity contribution in [1.82, 2.24) is 14.8 Å². The molecule has 0 saturated carbocycles. The standard InChI is InChI=1S/C18H23N3OS/c1-2-6-19-15(4-1)14-22-17-10-16-11-20(7-8-21(16)12-17)13-18-5-3-9-23-18/h1-6,9,16-17H,7-8,10-14H2/t16-,17-/m1/s1. The molecule has 23 heavy (non-hydrogen) atoms. The summed E-state index contributed by atoms with van der Waals surface area (Å²) in [5, 5.41) is 2.17. The predicted octanol–water partition coefficient (Wildman–Crippen LogP) is 2.62. The lowest BCUT2D eigenvalue weighted by atomic mass is 10.1. The number of thiophene rings is 1. The molecule has 0 unspecified atom stereocenters. The summed E-state index contributed by atoms with van der Waals surface area (Å²) in [7, 11) is 0. The molecule has 0 aromatic carbocycles. The van der Waals surface area contributed by atoms with Crippen LogP contribution in [0.4, 0.5) is 0 Å². The lowest BCUT2D eigenvalue weighted by molar-refractivity contribution is 0.0440. The summed E-state index contributed by atoms with van der Waals surface area (Å²) in [5.41, 5.74) is 1.02. The number of ether oxygens (including phenoxy) is 1. The van der Waals surface area contributed by atoms with Crippen LogP contribution in [-0.2, 0) is 17.9 Å². The fourth-order valence-corrected chi connectivity index (χ4v) is 4.38. The zero-order valence-electron chi connectivity index (χ0n) is 13.3. The first-order chi connectivity index (χ1) is 11.4. The lowest BCUT2D eigenvalue weighted by Gasteiger charge is -2.37. The minimum absolute atomic E-state index is 0.351. The monoisotopic (exact) mass is 329 g/mol. The Morgan fingerprint density at radius 1 is 1.17 bits per heavy atom. The van der Waals surface area contributed by atoms with Crippen LogP contribution in [0.1, 0.15) is 17.0 Å². The molecule has 2 fully saturated rings. The molecule has 0 spiro atoms. The first kappa shape index (κ1) is 15.3. The van der Waals surface area contributed by atoms with E-state index < -0.39 is 0 Å². The smallest absolute Gasteiger partial charge is 0.0892 e. The molecule has 2 atom stereocenters. The summed E-state index contributed by atoms with van der Waals surface area (Å²) in [6.45, 7) is 6.30. The Bertz CT molecular complexity index is 604. The molecule has 4 rings (SSSR count).